The van der Waals surface area contributed by atoms with E-state index in [1.54, 1.807) is 0 Å². The zero-order chi connectivity index (χ0) is 27.2. The highest BCUT2D eigenvalue weighted by molar-refractivity contribution is 6.10. The van der Waals surface area contributed by atoms with Crippen LogP contribution < -0.4 is 10.2 Å². The molecule has 0 radical (unpaired) electrons. The van der Waals surface area contributed by atoms with Crippen LogP contribution in [0.2, 0.25) is 0 Å². The largest absolute Gasteiger partial charge is 0.416 e. The molecule has 2 aromatic rings. The number of anilines is 1. The minimum Gasteiger partial charge on any atom is -0.353 e. The highest BCUT2D eigenvalue weighted by Gasteiger charge is 2.61. The third-order valence-corrected chi connectivity index (χ3v) is 7.73. The number of nitrogens with one attached hydrogen (secondary N) is 1. The number of alkyl halides is 3. The van der Waals surface area contributed by atoms with Crippen LogP contribution in [0.5, 0.6) is 0 Å². The molecule has 1 N–H and O–H groups in total. The predicted molar refractivity (Wildman–Crippen MR) is 127 cm³/mol. The van der Waals surface area contributed by atoms with E-state index in [9.17, 15) is 31.9 Å². The van der Waals surface area contributed by atoms with Crippen LogP contribution in [-0.4, -0.2) is 40.7 Å². The topological polar surface area (TPSA) is 93.5 Å². The van der Waals surface area contributed by atoms with Gasteiger partial charge in [0.15, 0.2) is 0 Å². The van der Waals surface area contributed by atoms with Crippen molar-refractivity contribution in [1.29, 1.82) is 5.26 Å². The number of hydrogen-bond donors (Lipinski definition) is 1. The van der Waals surface area contributed by atoms with E-state index in [1.165, 1.54) is 29.2 Å². The van der Waals surface area contributed by atoms with Gasteiger partial charge in [-0.15, -0.1) is 0 Å². The maximum atomic E-state index is 14.8. The summed E-state index contributed by atoms with van der Waals surface area (Å²) < 4.78 is 53.8. The number of hydrogen-bond acceptors (Lipinski definition) is 4. The zero-order valence-electron chi connectivity index (χ0n) is 20.2. The molecule has 11 heteroatoms. The summed E-state index contributed by atoms with van der Waals surface area (Å²) in [6.07, 6.45) is -1.69. The first-order valence-electron chi connectivity index (χ1n) is 12.3. The summed E-state index contributed by atoms with van der Waals surface area (Å²) in [6, 6.07) is 9.80. The molecule has 2 aliphatic carbocycles. The SMILES string of the molecule is N#Cc1ccc(N2CC(=O)N(Cc3ccc(C(F)(F)F)cc3)C3(CC(C(=O)NC4CCC4)C3)C2=O)c(F)c1. The van der Waals surface area contributed by atoms with E-state index < -0.39 is 47.4 Å². The molecule has 1 spiro atoms. The lowest BCUT2D eigenvalue weighted by molar-refractivity contribution is -0.165. The number of piperazine rings is 1. The summed E-state index contributed by atoms with van der Waals surface area (Å²) in [5.41, 5.74) is -2.00. The average Bonchev–Trinajstić information content (AvgIpc) is 2.82. The molecule has 5 rings (SSSR count). The van der Waals surface area contributed by atoms with Crippen molar-refractivity contribution in [2.75, 3.05) is 11.4 Å². The van der Waals surface area contributed by atoms with Crippen LogP contribution in [0, 0.1) is 23.1 Å². The van der Waals surface area contributed by atoms with Crippen LogP contribution in [0.25, 0.3) is 0 Å². The highest BCUT2D eigenvalue weighted by Crippen LogP contribution is 2.48. The Hall–Kier alpha value is -3.94. The van der Waals surface area contributed by atoms with E-state index >= 15 is 0 Å². The first kappa shape index (κ1) is 25.7. The van der Waals surface area contributed by atoms with Crippen molar-refractivity contribution in [3.63, 3.8) is 0 Å². The number of halogens is 4. The normalized spacial score (nSPS) is 23.6. The number of amides is 3. The monoisotopic (exact) mass is 528 g/mol. The molecule has 1 heterocycles. The van der Waals surface area contributed by atoms with E-state index in [0.29, 0.717) is 5.56 Å². The van der Waals surface area contributed by atoms with Gasteiger partial charge in [-0.3, -0.25) is 19.3 Å². The van der Waals surface area contributed by atoms with Gasteiger partial charge in [0.2, 0.25) is 11.8 Å². The van der Waals surface area contributed by atoms with Gasteiger partial charge < -0.3 is 10.2 Å². The second-order valence-corrected chi connectivity index (χ2v) is 10.1. The van der Waals surface area contributed by atoms with Gasteiger partial charge >= 0.3 is 6.18 Å². The van der Waals surface area contributed by atoms with Crippen molar-refractivity contribution < 1.29 is 31.9 Å². The smallest absolute Gasteiger partial charge is 0.353 e. The van der Waals surface area contributed by atoms with Crippen molar-refractivity contribution in [1.82, 2.24) is 10.2 Å². The average molecular weight is 529 g/mol. The van der Waals surface area contributed by atoms with Gasteiger partial charge in [0.05, 0.1) is 22.9 Å². The molecule has 1 aliphatic heterocycles. The lowest BCUT2D eigenvalue weighted by atomic mass is 9.64. The zero-order valence-corrected chi connectivity index (χ0v) is 20.2. The van der Waals surface area contributed by atoms with E-state index in [1.807, 2.05) is 6.07 Å². The van der Waals surface area contributed by atoms with Crippen LogP contribution in [0.3, 0.4) is 0 Å². The number of nitriles is 1. The standard InChI is InChI=1S/C27H24F4N4O3/c28-21-10-17(13-32)6-9-22(21)34-15-23(36)35(14-16-4-7-19(8-5-16)27(29,30)31)26(25(34)38)11-18(12-26)24(37)33-20-2-1-3-20/h4-10,18,20H,1-3,11-12,14-15H2,(H,33,37). The van der Waals surface area contributed by atoms with Crippen LogP contribution in [0.4, 0.5) is 23.2 Å². The fourth-order valence-corrected chi connectivity index (χ4v) is 5.32. The molecule has 0 atom stereocenters. The van der Waals surface area contributed by atoms with Gasteiger partial charge in [0.25, 0.3) is 5.91 Å². The molecule has 198 valence electrons. The van der Waals surface area contributed by atoms with Crippen molar-refractivity contribution in [3.05, 3.63) is 65.0 Å². The summed E-state index contributed by atoms with van der Waals surface area (Å²) in [5.74, 6) is -2.67. The van der Waals surface area contributed by atoms with E-state index in [-0.39, 0.29) is 42.6 Å². The van der Waals surface area contributed by atoms with Crippen molar-refractivity contribution in [2.24, 2.45) is 5.92 Å². The number of nitrogens with zero attached hydrogens (tertiary/aromatic N) is 3. The molecule has 7 nitrogen and oxygen atoms in total. The third-order valence-electron chi connectivity index (χ3n) is 7.73. The van der Waals surface area contributed by atoms with Crippen LogP contribution >= 0.6 is 0 Å². The van der Waals surface area contributed by atoms with Crippen molar-refractivity contribution in [3.8, 4) is 6.07 Å². The Kier molecular flexibility index (Phi) is 6.37. The fourth-order valence-electron chi connectivity index (χ4n) is 5.32. The third kappa shape index (κ3) is 4.48. The second-order valence-electron chi connectivity index (χ2n) is 10.1. The Morgan fingerprint density at radius 3 is 2.34 bits per heavy atom. The molecule has 2 aromatic carbocycles. The molecular formula is C27H24F4N4O3. The predicted octanol–water partition coefficient (Wildman–Crippen LogP) is 3.91. The fraction of sp³-hybridized carbons (Fsp3) is 0.407. The molecular weight excluding hydrogens is 504 g/mol. The summed E-state index contributed by atoms with van der Waals surface area (Å²) in [4.78, 5) is 42.3. The Bertz CT molecular complexity index is 1330. The van der Waals surface area contributed by atoms with Gasteiger partial charge in [-0.2, -0.15) is 18.4 Å². The van der Waals surface area contributed by atoms with Crippen LogP contribution in [-0.2, 0) is 27.1 Å². The molecule has 3 amide bonds. The molecule has 0 aromatic heterocycles. The first-order valence-corrected chi connectivity index (χ1v) is 12.3. The highest BCUT2D eigenvalue weighted by atomic mass is 19.4. The molecule has 1 saturated heterocycles. The minimum atomic E-state index is -4.52. The number of benzene rings is 2. The number of carbonyl (C=O) groups excluding carboxylic acids is 3. The first-order chi connectivity index (χ1) is 18.0. The summed E-state index contributed by atoms with van der Waals surface area (Å²) in [5, 5.41) is 12.0. The van der Waals surface area contributed by atoms with Crippen molar-refractivity contribution >= 4 is 23.4 Å². The van der Waals surface area contributed by atoms with Gasteiger partial charge in [0, 0.05) is 18.5 Å². The second kappa shape index (κ2) is 9.42. The minimum absolute atomic E-state index is 0.0190. The van der Waals surface area contributed by atoms with Gasteiger partial charge in [-0.05, 0) is 68.0 Å². The quantitative estimate of drug-likeness (QED) is 0.596. The van der Waals surface area contributed by atoms with Gasteiger partial charge in [0.1, 0.15) is 17.9 Å². The molecule has 2 saturated carbocycles. The van der Waals surface area contributed by atoms with Gasteiger partial charge in [-0.1, -0.05) is 12.1 Å². The Labute approximate surface area is 216 Å². The van der Waals surface area contributed by atoms with E-state index in [4.69, 9.17) is 5.26 Å². The molecule has 38 heavy (non-hydrogen) atoms. The lowest BCUT2D eigenvalue weighted by Crippen LogP contribution is -2.74. The van der Waals surface area contributed by atoms with Crippen molar-refractivity contribution in [2.45, 2.75) is 56.4 Å². The van der Waals surface area contributed by atoms with Crippen LogP contribution in [0.1, 0.15) is 48.8 Å². The molecule has 3 fully saturated rings. The number of carbonyl (C=O) groups is 3. The van der Waals surface area contributed by atoms with E-state index in [2.05, 4.69) is 5.32 Å². The van der Waals surface area contributed by atoms with Gasteiger partial charge in [-0.25, -0.2) is 4.39 Å². The number of rotatable bonds is 5. The maximum absolute atomic E-state index is 14.8. The summed E-state index contributed by atoms with van der Waals surface area (Å²) in [7, 11) is 0. The maximum Gasteiger partial charge on any atom is 0.416 e. The lowest BCUT2D eigenvalue weighted by Gasteiger charge is -2.56. The Morgan fingerprint density at radius 1 is 1.11 bits per heavy atom. The Balaban J connectivity index is 1.43. The summed E-state index contributed by atoms with van der Waals surface area (Å²) in [6.45, 7) is -0.619. The molecule has 0 bridgehead atoms. The van der Waals surface area contributed by atoms with E-state index in [0.717, 1.165) is 42.4 Å². The summed E-state index contributed by atoms with van der Waals surface area (Å²) >= 11 is 0. The molecule has 3 aliphatic rings. The molecule has 0 unspecified atom stereocenters. The van der Waals surface area contributed by atoms with Crippen LogP contribution in [0.15, 0.2) is 42.5 Å². The Morgan fingerprint density at radius 2 is 1.79 bits per heavy atom.